The summed E-state index contributed by atoms with van der Waals surface area (Å²) in [5.74, 6) is -0.624. The summed E-state index contributed by atoms with van der Waals surface area (Å²) in [6, 6.07) is 2.04. The molecular formula is C13H19ClFN3O. The minimum Gasteiger partial charge on any atom is -0.397 e. The van der Waals surface area contributed by atoms with E-state index in [9.17, 15) is 9.18 Å². The van der Waals surface area contributed by atoms with Gasteiger partial charge in [-0.25, -0.2) is 4.39 Å². The largest absolute Gasteiger partial charge is 0.397 e. The summed E-state index contributed by atoms with van der Waals surface area (Å²) in [6.45, 7) is 6.79. The van der Waals surface area contributed by atoms with E-state index in [0.717, 1.165) is 0 Å². The predicted molar refractivity (Wildman–Crippen MR) is 76.8 cm³/mol. The Morgan fingerprint density at radius 1 is 1.47 bits per heavy atom. The molecule has 0 fully saturated rings. The van der Waals surface area contributed by atoms with Gasteiger partial charge in [0, 0.05) is 19.2 Å². The van der Waals surface area contributed by atoms with Crippen molar-refractivity contribution in [3.63, 3.8) is 0 Å². The lowest BCUT2D eigenvalue weighted by molar-refractivity contribution is -0.131. The Balaban J connectivity index is 2.85. The molecule has 1 rings (SSSR count). The Morgan fingerprint density at radius 3 is 2.58 bits per heavy atom. The number of nitrogens with two attached hydrogens (primary N) is 1. The topological polar surface area (TPSA) is 58.4 Å². The van der Waals surface area contributed by atoms with Crippen LogP contribution in [0.15, 0.2) is 12.1 Å². The molecule has 0 spiro atoms. The zero-order valence-corrected chi connectivity index (χ0v) is 12.1. The van der Waals surface area contributed by atoms with Crippen LogP contribution in [0.3, 0.4) is 0 Å². The lowest BCUT2D eigenvalue weighted by Crippen LogP contribution is -2.41. The second kappa shape index (κ2) is 6.61. The number of halogens is 2. The number of carbonyl (C=O) groups is 1. The highest BCUT2D eigenvalue weighted by atomic mass is 35.5. The van der Waals surface area contributed by atoms with Gasteiger partial charge >= 0.3 is 0 Å². The average molecular weight is 288 g/mol. The van der Waals surface area contributed by atoms with Gasteiger partial charge in [0.25, 0.3) is 0 Å². The van der Waals surface area contributed by atoms with Crippen molar-refractivity contribution in [2.24, 2.45) is 0 Å². The summed E-state index contributed by atoms with van der Waals surface area (Å²) in [4.78, 5) is 13.8. The molecule has 0 saturated heterocycles. The smallest absolute Gasteiger partial charge is 0.244 e. The minimum absolute atomic E-state index is 0.0363. The average Bonchev–Trinajstić information content (AvgIpc) is 2.37. The van der Waals surface area contributed by atoms with Crippen molar-refractivity contribution >= 4 is 28.9 Å². The van der Waals surface area contributed by atoms with Gasteiger partial charge in [0.2, 0.25) is 5.91 Å². The minimum atomic E-state index is -0.569. The van der Waals surface area contributed by atoms with Crippen molar-refractivity contribution in [2.45, 2.75) is 26.8 Å². The molecule has 0 heterocycles. The Bertz CT molecular complexity index is 463. The van der Waals surface area contributed by atoms with Crippen LogP contribution in [0.25, 0.3) is 0 Å². The molecule has 0 aliphatic rings. The summed E-state index contributed by atoms with van der Waals surface area (Å²) in [6.07, 6.45) is 0. The molecular weight excluding hydrogens is 269 g/mol. The van der Waals surface area contributed by atoms with Crippen LogP contribution in [0.2, 0.25) is 5.02 Å². The van der Waals surface area contributed by atoms with Crippen molar-refractivity contribution in [3.8, 4) is 0 Å². The van der Waals surface area contributed by atoms with Gasteiger partial charge < -0.3 is 16.0 Å². The molecule has 4 nitrogen and oxygen atoms in total. The first-order valence-corrected chi connectivity index (χ1v) is 6.58. The van der Waals surface area contributed by atoms with Crippen LogP contribution in [0, 0.1) is 5.82 Å². The highest BCUT2D eigenvalue weighted by Gasteiger charge is 2.19. The third-order valence-electron chi connectivity index (χ3n) is 2.91. The van der Waals surface area contributed by atoms with Crippen LogP contribution < -0.4 is 11.1 Å². The molecule has 106 valence electrons. The summed E-state index contributed by atoms with van der Waals surface area (Å²) < 4.78 is 13.4. The van der Waals surface area contributed by atoms with E-state index in [1.807, 2.05) is 13.8 Å². The van der Waals surface area contributed by atoms with Gasteiger partial charge in [0.1, 0.15) is 11.9 Å². The highest BCUT2D eigenvalue weighted by molar-refractivity contribution is 6.31. The fourth-order valence-corrected chi connectivity index (χ4v) is 1.96. The monoisotopic (exact) mass is 287 g/mol. The predicted octanol–water partition coefficient (Wildman–Crippen LogP) is 2.73. The van der Waals surface area contributed by atoms with Gasteiger partial charge in [-0.3, -0.25) is 4.79 Å². The Hall–Kier alpha value is -1.49. The molecule has 0 radical (unpaired) electrons. The molecule has 0 aliphatic heterocycles. The van der Waals surface area contributed by atoms with Crippen molar-refractivity contribution in [2.75, 3.05) is 24.1 Å². The van der Waals surface area contributed by atoms with Crippen LogP contribution in [0.4, 0.5) is 15.8 Å². The number of rotatable bonds is 5. The molecule has 1 aromatic rings. The summed E-state index contributed by atoms with van der Waals surface area (Å²) in [5.41, 5.74) is 6.42. The van der Waals surface area contributed by atoms with Gasteiger partial charge in [0.15, 0.2) is 0 Å². The molecule has 3 N–H and O–H groups in total. The number of benzene rings is 1. The molecule has 0 aromatic heterocycles. The number of nitrogens with one attached hydrogen (secondary N) is 1. The number of nitrogens with zero attached hydrogens (tertiary/aromatic N) is 1. The quantitative estimate of drug-likeness (QED) is 0.819. The first kappa shape index (κ1) is 15.6. The van der Waals surface area contributed by atoms with Crippen molar-refractivity contribution in [3.05, 3.63) is 23.0 Å². The van der Waals surface area contributed by atoms with E-state index in [0.29, 0.717) is 24.5 Å². The van der Waals surface area contributed by atoms with Crippen LogP contribution in [0.1, 0.15) is 20.8 Å². The molecule has 0 saturated carbocycles. The lowest BCUT2D eigenvalue weighted by atomic mass is 10.2. The van der Waals surface area contributed by atoms with E-state index < -0.39 is 11.9 Å². The molecule has 1 amide bonds. The van der Waals surface area contributed by atoms with Crippen molar-refractivity contribution < 1.29 is 9.18 Å². The van der Waals surface area contributed by atoms with Crippen LogP contribution in [-0.2, 0) is 4.79 Å². The zero-order chi connectivity index (χ0) is 14.6. The number of hydrogen-bond acceptors (Lipinski definition) is 3. The van der Waals surface area contributed by atoms with Crippen LogP contribution in [0.5, 0.6) is 0 Å². The van der Waals surface area contributed by atoms with Crippen molar-refractivity contribution in [1.29, 1.82) is 0 Å². The normalized spacial score (nSPS) is 12.1. The van der Waals surface area contributed by atoms with E-state index in [2.05, 4.69) is 5.32 Å². The molecule has 0 bridgehead atoms. The van der Waals surface area contributed by atoms with E-state index in [-0.39, 0.29) is 10.9 Å². The standard InChI is InChI=1S/C13H19ClFN3O/c1-4-18(5-2)13(19)8(3)17-12-7-10(15)9(14)6-11(12)16/h6-8,17H,4-5,16H2,1-3H3. The van der Waals surface area contributed by atoms with Crippen LogP contribution >= 0.6 is 11.6 Å². The molecule has 1 aromatic carbocycles. The first-order chi connectivity index (χ1) is 8.90. The van der Waals surface area contributed by atoms with Crippen molar-refractivity contribution in [1.82, 2.24) is 4.90 Å². The number of likely N-dealkylation sites (N-methyl/N-ethyl adjacent to an activating group) is 1. The highest BCUT2D eigenvalue weighted by Crippen LogP contribution is 2.26. The van der Waals surface area contributed by atoms with Gasteiger partial charge in [-0.15, -0.1) is 0 Å². The van der Waals surface area contributed by atoms with E-state index in [1.54, 1.807) is 11.8 Å². The summed E-state index contributed by atoms with van der Waals surface area (Å²) >= 11 is 5.62. The number of amides is 1. The van der Waals surface area contributed by atoms with E-state index in [4.69, 9.17) is 17.3 Å². The molecule has 1 atom stereocenters. The van der Waals surface area contributed by atoms with Crippen LogP contribution in [-0.4, -0.2) is 29.9 Å². The maximum absolute atomic E-state index is 13.4. The number of hydrogen-bond donors (Lipinski definition) is 2. The third-order valence-corrected chi connectivity index (χ3v) is 3.20. The van der Waals surface area contributed by atoms with Gasteiger partial charge in [-0.2, -0.15) is 0 Å². The summed E-state index contributed by atoms with van der Waals surface area (Å²) in [7, 11) is 0. The maximum Gasteiger partial charge on any atom is 0.244 e. The molecule has 6 heteroatoms. The summed E-state index contributed by atoms with van der Waals surface area (Å²) in [5, 5.41) is 2.88. The number of anilines is 2. The fraction of sp³-hybridized carbons (Fsp3) is 0.462. The van der Waals surface area contributed by atoms with E-state index in [1.165, 1.54) is 12.1 Å². The maximum atomic E-state index is 13.4. The second-order valence-corrected chi connectivity index (χ2v) is 4.64. The molecule has 0 aliphatic carbocycles. The molecule has 19 heavy (non-hydrogen) atoms. The SMILES string of the molecule is CCN(CC)C(=O)C(C)Nc1cc(F)c(Cl)cc1N. The second-order valence-electron chi connectivity index (χ2n) is 4.23. The number of carbonyl (C=O) groups excluding carboxylic acids is 1. The van der Waals surface area contributed by atoms with E-state index >= 15 is 0 Å². The van der Waals surface area contributed by atoms with Gasteiger partial charge in [-0.1, -0.05) is 11.6 Å². The van der Waals surface area contributed by atoms with Gasteiger partial charge in [-0.05, 0) is 26.8 Å². The molecule has 1 unspecified atom stereocenters. The lowest BCUT2D eigenvalue weighted by Gasteiger charge is -2.24. The Morgan fingerprint density at radius 2 is 2.05 bits per heavy atom. The fourth-order valence-electron chi connectivity index (χ4n) is 1.79. The number of nitrogen functional groups attached to an aromatic ring is 1. The van der Waals surface area contributed by atoms with Gasteiger partial charge in [0.05, 0.1) is 16.4 Å². The Labute approximate surface area is 117 Å². The zero-order valence-electron chi connectivity index (χ0n) is 11.3. The first-order valence-electron chi connectivity index (χ1n) is 6.20. The Kier molecular flexibility index (Phi) is 5.42. The third kappa shape index (κ3) is 3.73.